The molecule has 5 nitrogen and oxygen atoms in total. The van der Waals surface area contributed by atoms with Gasteiger partial charge in [0.2, 0.25) is 5.82 Å². The number of pyridine rings is 1. The van der Waals surface area contributed by atoms with Gasteiger partial charge in [0.15, 0.2) is 0 Å². The molecule has 0 amide bonds. The van der Waals surface area contributed by atoms with Gasteiger partial charge in [-0.05, 0) is 37.0 Å². The maximum Gasteiger partial charge on any atom is 0.311 e. The molecule has 7 heteroatoms. The van der Waals surface area contributed by atoms with Crippen molar-refractivity contribution in [2.75, 3.05) is 5.32 Å². The number of fused-ring (bicyclic) bond motifs is 1. The molecule has 2 heterocycles. The number of thiophene rings is 1. The molecule has 1 N–H and O–H groups in total. The molecule has 0 unspecified atom stereocenters. The number of nitrogens with zero attached hydrogens (tertiary/aromatic N) is 2. The van der Waals surface area contributed by atoms with Gasteiger partial charge >= 0.3 is 5.69 Å². The first-order valence-corrected chi connectivity index (χ1v) is 7.48. The number of rotatable bonds is 4. The maximum absolute atomic E-state index is 10.9. The van der Waals surface area contributed by atoms with Gasteiger partial charge in [-0.2, -0.15) is 0 Å². The molecule has 0 saturated heterocycles. The van der Waals surface area contributed by atoms with E-state index in [1.807, 2.05) is 0 Å². The topological polar surface area (TPSA) is 68.1 Å². The first-order chi connectivity index (χ1) is 9.63. The Kier molecular flexibility index (Phi) is 3.58. The lowest BCUT2D eigenvalue weighted by Crippen LogP contribution is -2.03. The quantitative estimate of drug-likeness (QED) is 0.530. The highest BCUT2D eigenvalue weighted by Crippen LogP contribution is 2.31. The summed E-state index contributed by atoms with van der Waals surface area (Å²) in [4.78, 5) is 17.1. The third-order valence-corrected chi connectivity index (χ3v) is 4.71. The van der Waals surface area contributed by atoms with E-state index in [-0.39, 0.29) is 16.7 Å². The number of halogens is 1. The van der Waals surface area contributed by atoms with E-state index in [0.717, 1.165) is 12.8 Å². The van der Waals surface area contributed by atoms with Crippen molar-refractivity contribution < 1.29 is 4.92 Å². The first kappa shape index (κ1) is 13.3. The molecular weight excluding hydrogens is 298 g/mol. The van der Waals surface area contributed by atoms with Crippen LogP contribution < -0.4 is 5.32 Å². The van der Waals surface area contributed by atoms with E-state index in [4.69, 9.17) is 11.6 Å². The molecule has 1 aliphatic carbocycles. The summed E-state index contributed by atoms with van der Waals surface area (Å²) >= 11 is 7.56. The summed E-state index contributed by atoms with van der Waals surface area (Å²) in [5.74, 6) is 0.219. The minimum absolute atomic E-state index is 0.0569. The van der Waals surface area contributed by atoms with Crippen molar-refractivity contribution in [3.8, 4) is 0 Å². The van der Waals surface area contributed by atoms with Crippen molar-refractivity contribution in [2.45, 2.75) is 25.8 Å². The lowest BCUT2D eigenvalue weighted by Gasteiger charge is -2.05. The van der Waals surface area contributed by atoms with Crippen molar-refractivity contribution in [2.24, 2.45) is 0 Å². The Hall–Kier alpha value is -1.66. The normalized spacial score (nSPS) is 13.2. The molecule has 0 saturated carbocycles. The predicted molar refractivity (Wildman–Crippen MR) is 79.6 cm³/mol. The molecule has 0 atom stereocenters. The van der Waals surface area contributed by atoms with Crippen LogP contribution in [-0.4, -0.2) is 9.91 Å². The van der Waals surface area contributed by atoms with Gasteiger partial charge in [0.25, 0.3) is 0 Å². The standard InChI is InChI=1S/C13H12ClN3O2S/c14-12-5-4-10(17(18)19)13(16-12)15-7-9-6-8-2-1-3-11(8)20-9/h4-6H,1-3,7H2,(H,15,16). The molecule has 3 rings (SSSR count). The van der Waals surface area contributed by atoms with Gasteiger partial charge in [-0.3, -0.25) is 10.1 Å². The number of anilines is 1. The van der Waals surface area contributed by atoms with Crippen LogP contribution in [0.25, 0.3) is 0 Å². The molecule has 20 heavy (non-hydrogen) atoms. The van der Waals surface area contributed by atoms with Gasteiger partial charge < -0.3 is 5.32 Å². The van der Waals surface area contributed by atoms with Crippen LogP contribution in [0.15, 0.2) is 18.2 Å². The molecule has 1 aliphatic rings. The van der Waals surface area contributed by atoms with Crippen molar-refractivity contribution in [3.63, 3.8) is 0 Å². The number of nitrogens with one attached hydrogen (secondary N) is 1. The zero-order valence-electron chi connectivity index (χ0n) is 10.6. The molecule has 0 spiro atoms. The second kappa shape index (κ2) is 5.38. The molecule has 0 aromatic carbocycles. The van der Waals surface area contributed by atoms with Crippen molar-refractivity contribution in [1.29, 1.82) is 0 Å². The van der Waals surface area contributed by atoms with E-state index in [9.17, 15) is 10.1 Å². The Morgan fingerprint density at radius 2 is 2.30 bits per heavy atom. The highest BCUT2D eigenvalue weighted by atomic mass is 35.5. The van der Waals surface area contributed by atoms with Crippen LogP contribution in [0.4, 0.5) is 11.5 Å². The van der Waals surface area contributed by atoms with Gasteiger partial charge in [-0.25, -0.2) is 4.98 Å². The van der Waals surface area contributed by atoms with E-state index in [2.05, 4.69) is 16.4 Å². The third kappa shape index (κ3) is 2.62. The third-order valence-electron chi connectivity index (χ3n) is 3.26. The number of aromatic nitrogens is 1. The molecular formula is C13H12ClN3O2S. The predicted octanol–water partition coefficient (Wildman–Crippen LogP) is 3.81. The maximum atomic E-state index is 10.9. The van der Waals surface area contributed by atoms with Gasteiger partial charge in [0, 0.05) is 15.8 Å². The summed E-state index contributed by atoms with van der Waals surface area (Å²) in [5.41, 5.74) is 1.36. The zero-order chi connectivity index (χ0) is 14.1. The van der Waals surface area contributed by atoms with E-state index < -0.39 is 4.92 Å². The van der Waals surface area contributed by atoms with E-state index >= 15 is 0 Å². The lowest BCUT2D eigenvalue weighted by molar-refractivity contribution is -0.384. The average Bonchev–Trinajstić information content (AvgIpc) is 2.96. The monoisotopic (exact) mass is 309 g/mol. The van der Waals surface area contributed by atoms with Gasteiger partial charge in [-0.15, -0.1) is 11.3 Å². The van der Waals surface area contributed by atoms with Crippen LogP contribution in [-0.2, 0) is 19.4 Å². The molecule has 0 radical (unpaired) electrons. The van der Waals surface area contributed by atoms with E-state index in [0.29, 0.717) is 6.54 Å². The first-order valence-electron chi connectivity index (χ1n) is 6.29. The van der Waals surface area contributed by atoms with Crippen LogP contribution in [0.5, 0.6) is 0 Å². The molecule has 2 aromatic heterocycles. The number of hydrogen-bond donors (Lipinski definition) is 1. The van der Waals surface area contributed by atoms with Crippen LogP contribution in [0.3, 0.4) is 0 Å². The molecule has 2 aromatic rings. The number of hydrogen-bond acceptors (Lipinski definition) is 5. The molecule has 0 fully saturated rings. The van der Waals surface area contributed by atoms with Gasteiger partial charge in [0.1, 0.15) is 5.15 Å². The highest BCUT2D eigenvalue weighted by molar-refractivity contribution is 7.12. The van der Waals surface area contributed by atoms with Crippen molar-refractivity contribution in [3.05, 3.63) is 48.8 Å². The summed E-state index contributed by atoms with van der Waals surface area (Å²) in [7, 11) is 0. The fraction of sp³-hybridized carbons (Fsp3) is 0.308. The minimum atomic E-state index is -0.458. The Balaban J connectivity index is 1.77. The van der Waals surface area contributed by atoms with Gasteiger partial charge in [-0.1, -0.05) is 11.6 Å². The smallest absolute Gasteiger partial charge is 0.311 e. The Morgan fingerprint density at radius 3 is 3.05 bits per heavy atom. The SMILES string of the molecule is O=[N+]([O-])c1ccc(Cl)nc1NCc1cc2c(s1)CCC2. The summed E-state index contributed by atoms with van der Waals surface area (Å²) < 4.78 is 0. The van der Waals surface area contributed by atoms with Crippen LogP contribution in [0.1, 0.15) is 21.7 Å². The largest absolute Gasteiger partial charge is 0.359 e. The second-order valence-electron chi connectivity index (χ2n) is 4.63. The molecule has 0 bridgehead atoms. The Labute approximate surface area is 124 Å². The summed E-state index contributed by atoms with van der Waals surface area (Å²) in [5, 5.41) is 14.2. The minimum Gasteiger partial charge on any atom is -0.359 e. The lowest BCUT2D eigenvalue weighted by atomic mass is 10.2. The zero-order valence-corrected chi connectivity index (χ0v) is 12.1. The van der Waals surface area contributed by atoms with E-state index in [1.165, 1.54) is 33.9 Å². The summed E-state index contributed by atoms with van der Waals surface area (Å²) in [6.07, 6.45) is 3.52. The Morgan fingerprint density at radius 1 is 1.45 bits per heavy atom. The van der Waals surface area contributed by atoms with Crippen molar-refractivity contribution in [1.82, 2.24) is 4.98 Å². The van der Waals surface area contributed by atoms with Crippen LogP contribution in [0.2, 0.25) is 5.15 Å². The summed E-state index contributed by atoms with van der Waals surface area (Å²) in [6, 6.07) is 4.97. The summed E-state index contributed by atoms with van der Waals surface area (Å²) in [6.45, 7) is 0.534. The average molecular weight is 310 g/mol. The fourth-order valence-electron chi connectivity index (χ4n) is 2.35. The number of nitro groups is 1. The Bertz CT molecular complexity index is 650. The molecule has 104 valence electrons. The number of aryl methyl sites for hydroxylation is 2. The van der Waals surface area contributed by atoms with Crippen LogP contribution >= 0.6 is 22.9 Å². The van der Waals surface area contributed by atoms with Gasteiger partial charge in [0.05, 0.1) is 11.5 Å². The van der Waals surface area contributed by atoms with Crippen LogP contribution in [0, 0.1) is 10.1 Å². The van der Waals surface area contributed by atoms with Crippen molar-refractivity contribution >= 4 is 34.4 Å². The fourth-order valence-corrected chi connectivity index (χ4v) is 3.70. The second-order valence-corrected chi connectivity index (χ2v) is 6.24. The highest BCUT2D eigenvalue weighted by Gasteiger charge is 2.17. The van der Waals surface area contributed by atoms with E-state index in [1.54, 1.807) is 11.3 Å². The molecule has 0 aliphatic heterocycles.